The van der Waals surface area contributed by atoms with Gasteiger partial charge >= 0.3 is 0 Å². The van der Waals surface area contributed by atoms with Crippen molar-refractivity contribution in [3.63, 3.8) is 0 Å². The molecule has 0 aromatic heterocycles. The number of ether oxygens (including phenoxy) is 1. The minimum Gasteiger partial charge on any atom is -0.502 e. The summed E-state index contributed by atoms with van der Waals surface area (Å²) < 4.78 is 4.17. The van der Waals surface area contributed by atoms with Crippen LogP contribution in [0.2, 0.25) is 0 Å². The zero-order valence-corrected chi connectivity index (χ0v) is 3.87. The van der Waals surface area contributed by atoms with Crippen LogP contribution in [0.25, 0.3) is 0 Å². The Labute approximate surface area is 45.0 Å². The molecule has 8 heavy (non-hydrogen) atoms. The second-order valence-electron chi connectivity index (χ2n) is 1.36. The molecule has 1 atom stereocenters. The molecular formula is C4H4O4. The van der Waals surface area contributed by atoms with Crippen molar-refractivity contribution < 1.29 is 19.7 Å². The minimum absolute atomic E-state index is 0.530. The first kappa shape index (κ1) is 5.11. The molecule has 1 heterocycles. The van der Waals surface area contributed by atoms with Gasteiger partial charge in [0.25, 0.3) is 12.1 Å². The summed E-state index contributed by atoms with van der Waals surface area (Å²) in [5.41, 5.74) is 0. The molecule has 44 valence electrons. The second kappa shape index (κ2) is 1.48. The molecule has 1 rings (SSSR count). The first-order chi connectivity index (χ1) is 3.72. The van der Waals surface area contributed by atoms with Crippen LogP contribution in [-0.2, 0) is 9.53 Å². The van der Waals surface area contributed by atoms with Crippen molar-refractivity contribution in [2.24, 2.45) is 0 Å². The molecule has 0 bridgehead atoms. The Morgan fingerprint density at radius 3 is 2.50 bits per heavy atom. The van der Waals surface area contributed by atoms with E-state index in [1.165, 1.54) is 0 Å². The van der Waals surface area contributed by atoms with Gasteiger partial charge in [-0.2, -0.15) is 0 Å². The molecule has 0 aliphatic carbocycles. The van der Waals surface area contributed by atoms with E-state index < -0.39 is 17.8 Å². The highest BCUT2D eigenvalue weighted by atomic mass is 16.6. The van der Waals surface area contributed by atoms with E-state index in [4.69, 9.17) is 10.2 Å². The predicted molar refractivity (Wildman–Crippen MR) is 22.8 cm³/mol. The van der Waals surface area contributed by atoms with Crippen LogP contribution in [0.5, 0.6) is 0 Å². The number of aliphatic hydroxyl groups excluding tert-OH is 2. The van der Waals surface area contributed by atoms with Gasteiger partial charge in [0.2, 0.25) is 5.76 Å². The Bertz CT molecular complexity index is 148. The van der Waals surface area contributed by atoms with Gasteiger partial charge in [-0.3, -0.25) is 4.79 Å². The Balaban J connectivity index is 2.73. The van der Waals surface area contributed by atoms with Gasteiger partial charge in [-0.25, -0.2) is 0 Å². The summed E-state index contributed by atoms with van der Waals surface area (Å²) in [6.07, 6.45) is -0.678. The molecule has 0 spiro atoms. The Hall–Kier alpha value is -1.03. The summed E-state index contributed by atoms with van der Waals surface area (Å²) in [7, 11) is 0. The van der Waals surface area contributed by atoms with Crippen molar-refractivity contribution in [2.75, 3.05) is 0 Å². The fourth-order valence-electron chi connectivity index (χ4n) is 0.375. The van der Waals surface area contributed by atoms with E-state index in [1.54, 1.807) is 0 Å². The third-order valence-corrected chi connectivity index (χ3v) is 0.785. The van der Waals surface area contributed by atoms with Gasteiger partial charge < -0.3 is 14.9 Å². The zero-order valence-electron chi connectivity index (χ0n) is 3.87. The number of Topliss-reactive ketones (excluding diaryl/α,β-unsaturated/α-hetero) is 1. The van der Waals surface area contributed by atoms with E-state index in [2.05, 4.69) is 4.74 Å². The van der Waals surface area contributed by atoms with E-state index in [0.717, 1.165) is 6.26 Å². The van der Waals surface area contributed by atoms with Crippen molar-refractivity contribution in [1.29, 1.82) is 0 Å². The van der Waals surface area contributed by atoms with E-state index in [-0.39, 0.29) is 0 Å². The molecule has 0 amide bonds. The standard InChI is InChI=1S/C4H4O4/c5-2-1-8-4(7)3(2)6/h1,4-5,7H. The zero-order chi connectivity index (χ0) is 6.15. The Kier molecular flexibility index (Phi) is 0.948. The van der Waals surface area contributed by atoms with E-state index >= 15 is 0 Å². The van der Waals surface area contributed by atoms with Crippen LogP contribution in [0.3, 0.4) is 0 Å². The van der Waals surface area contributed by atoms with Gasteiger partial charge in [0.05, 0.1) is 0 Å². The smallest absolute Gasteiger partial charge is 0.268 e. The van der Waals surface area contributed by atoms with Crippen molar-refractivity contribution in [3.05, 3.63) is 12.0 Å². The molecular weight excluding hydrogens is 112 g/mol. The van der Waals surface area contributed by atoms with Crippen LogP contribution in [-0.4, -0.2) is 22.3 Å². The molecule has 0 aromatic rings. The van der Waals surface area contributed by atoms with Crippen molar-refractivity contribution in [3.8, 4) is 0 Å². The maximum atomic E-state index is 10.2. The molecule has 0 saturated heterocycles. The summed E-state index contributed by atoms with van der Waals surface area (Å²) in [5.74, 6) is -1.32. The maximum Gasteiger partial charge on any atom is 0.268 e. The highest BCUT2D eigenvalue weighted by Crippen LogP contribution is 2.07. The van der Waals surface area contributed by atoms with Crippen LogP contribution < -0.4 is 0 Å². The van der Waals surface area contributed by atoms with Gasteiger partial charge in [0.15, 0.2) is 0 Å². The first-order valence-electron chi connectivity index (χ1n) is 1.98. The average molecular weight is 116 g/mol. The second-order valence-corrected chi connectivity index (χ2v) is 1.36. The third-order valence-electron chi connectivity index (χ3n) is 0.785. The van der Waals surface area contributed by atoms with E-state index in [0.29, 0.717) is 0 Å². The number of ketones is 1. The summed E-state index contributed by atoms with van der Waals surface area (Å²) in [6, 6.07) is 0. The summed E-state index contributed by atoms with van der Waals surface area (Å²) in [5, 5.41) is 16.8. The first-order valence-corrected chi connectivity index (χ1v) is 1.98. The van der Waals surface area contributed by atoms with Gasteiger partial charge in [-0.05, 0) is 0 Å². The highest BCUT2D eigenvalue weighted by molar-refractivity contribution is 5.96. The summed E-state index contributed by atoms with van der Waals surface area (Å²) in [6.45, 7) is 0. The summed E-state index contributed by atoms with van der Waals surface area (Å²) in [4.78, 5) is 10.2. The normalized spacial score (nSPS) is 27.4. The van der Waals surface area contributed by atoms with Crippen molar-refractivity contribution in [2.45, 2.75) is 6.29 Å². The Morgan fingerprint density at radius 1 is 1.75 bits per heavy atom. The molecule has 0 saturated carbocycles. The molecule has 0 radical (unpaired) electrons. The number of aliphatic hydroxyl groups is 2. The molecule has 1 aliphatic heterocycles. The molecule has 0 aromatic carbocycles. The minimum atomic E-state index is -1.49. The fourth-order valence-corrected chi connectivity index (χ4v) is 0.375. The molecule has 4 nitrogen and oxygen atoms in total. The topological polar surface area (TPSA) is 66.8 Å². The predicted octanol–water partition coefficient (Wildman–Crippen LogP) is -0.697. The molecule has 1 aliphatic rings. The lowest BCUT2D eigenvalue weighted by Crippen LogP contribution is -2.16. The van der Waals surface area contributed by atoms with Crippen molar-refractivity contribution >= 4 is 5.78 Å². The van der Waals surface area contributed by atoms with Gasteiger partial charge in [0.1, 0.15) is 6.26 Å². The molecule has 0 fully saturated rings. The SMILES string of the molecule is O=C1C(O)=COC1O. The van der Waals surface area contributed by atoms with Gasteiger partial charge in [-0.1, -0.05) is 0 Å². The van der Waals surface area contributed by atoms with Crippen LogP contribution in [0.1, 0.15) is 0 Å². The van der Waals surface area contributed by atoms with Crippen LogP contribution >= 0.6 is 0 Å². The van der Waals surface area contributed by atoms with Crippen LogP contribution in [0.4, 0.5) is 0 Å². The quantitative estimate of drug-likeness (QED) is 0.439. The molecule has 4 heteroatoms. The lowest BCUT2D eigenvalue weighted by atomic mass is 10.4. The number of hydrogen-bond donors (Lipinski definition) is 2. The van der Waals surface area contributed by atoms with Crippen molar-refractivity contribution in [1.82, 2.24) is 0 Å². The summed E-state index contributed by atoms with van der Waals surface area (Å²) >= 11 is 0. The molecule has 2 N–H and O–H groups in total. The van der Waals surface area contributed by atoms with Crippen LogP contribution in [0.15, 0.2) is 12.0 Å². The van der Waals surface area contributed by atoms with Crippen LogP contribution in [0, 0.1) is 0 Å². The number of hydrogen-bond acceptors (Lipinski definition) is 4. The number of carbonyl (C=O) groups is 1. The largest absolute Gasteiger partial charge is 0.502 e. The van der Waals surface area contributed by atoms with E-state index in [1.807, 2.05) is 0 Å². The van der Waals surface area contributed by atoms with Gasteiger partial charge in [0, 0.05) is 0 Å². The number of rotatable bonds is 0. The average Bonchev–Trinajstić information content (AvgIpc) is 1.98. The lowest BCUT2D eigenvalue weighted by Gasteiger charge is -1.94. The lowest BCUT2D eigenvalue weighted by molar-refractivity contribution is -0.138. The van der Waals surface area contributed by atoms with E-state index in [9.17, 15) is 4.79 Å². The number of carbonyl (C=O) groups excluding carboxylic acids is 1. The molecule has 1 unspecified atom stereocenters. The fraction of sp³-hybridized carbons (Fsp3) is 0.250. The highest BCUT2D eigenvalue weighted by Gasteiger charge is 2.25. The monoisotopic (exact) mass is 116 g/mol. The third kappa shape index (κ3) is 0.547. The maximum absolute atomic E-state index is 10.2. The van der Waals surface area contributed by atoms with Gasteiger partial charge in [-0.15, -0.1) is 0 Å². The Morgan fingerprint density at radius 2 is 2.38 bits per heavy atom.